The summed E-state index contributed by atoms with van der Waals surface area (Å²) in [5, 5.41) is 0.137. The fourth-order valence-corrected chi connectivity index (χ4v) is 3.72. The molecule has 1 N–H and O–H groups in total. The molecule has 0 aliphatic carbocycles. The van der Waals surface area contributed by atoms with Crippen molar-refractivity contribution in [2.75, 3.05) is 0 Å². The highest BCUT2D eigenvalue weighted by atomic mass is 127. The van der Waals surface area contributed by atoms with Gasteiger partial charge in [0.2, 0.25) is 19.7 Å². The SMILES string of the molecule is Cc1cccc(Cl)c1S(=O)(=O)NCc1nc(C(=O)I)co1. The summed E-state index contributed by atoms with van der Waals surface area (Å²) < 4.78 is 31.6. The number of oxazole rings is 1. The Bertz CT molecular complexity index is 768. The van der Waals surface area contributed by atoms with Gasteiger partial charge in [0, 0.05) is 22.6 Å². The molecule has 1 heterocycles. The minimum atomic E-state index is -3.80. The highest BCUT2D eigenvalue weighted by Crippen LogP contribution is 2.24. The number of aryl methyl sites for hydroxylation is 1. The van der Waals surface area contributed by atoms with Crippen LogP contribution in [0.3, 0.4) is 0 Å². The van der Waals surface area contributed by atoms with E-state index in [1.165, 1.54) is 12.3 Å². The van der Waals surface area contributed by atoms with Crippen LogP contribution in [0.1, 0.15) is 21.9 Å². The standard InChI is InChI=1S/C12H10ClIN2O4S/c1-7-3-2-4-8(13)11(7)21(18,19)15-5-10-16-9(6-20-10)12(14)17/h2-4,6,15H,5H2,1H3. The molecule has 1 aromatic carbocycles. The number of benzene rings is 1. The fourth-order valence-electron chi connectivity index (χ4n) is 1.67. The second kappa shape index (κ2) is 6.42. The predicted molar refractivity (Wildman–Crippen MR) is 85.1 cm³/mol. The molecule has 0 fully saturated rings. The third kappa shape index (κ3) is 3.82. The summed E-state index contributed by atoms with van der Waals surface area (Å²) in [6.07, 6.45) is 1.18. The van der Waals surface area contributed by atoms with Crippen LogP contribution in [-0.2, 0) is 16.6 Å². The molecule has 2 aromatic rings. The molecule has 0 atom stereocenters. The molecule has 2 rings (SSSR count). The third-order valence-corrected chi connectivity index (χ3v) is 5.18. The summed E-state index contributed by atoms with van der Waals surface area (Å²) in [6.45, 7) is 1.48. The Kier molecular flexibility index (Phi) is 5.02. The molecule has 0 saturated carbocycles. The van der Waals surface area contributed by atoms with Gasteiger partial charge in [0.25, 0.3) is 0 Å². The molecular weight excluding hydrogens is 431 g/mol. The number of carbonyl (C=O) groups is 1. The molecule has 112 valence electrons. The third-order valence-electron chi connectivity index (χ3n) is 2.60. The van der Waals surface area contributed by atoms with E-state index < -0.39 is 10.0 Å². The van der Waals surface area contributed by atoms with Crippen LogP contribution in [0.4, 0.5) is 0 Å². The average Bonchev–Trinajstić information content (AvgIpc) is 2.85. The molecule has 0 amide bonds. The largest absolute Gasteiger partial charge is 0.447 e. The van der Waals surface area contributed by atoms with Gasteiger partial charge in [-0.25, -0.2) is 18.1 Å². The first kappa shape index (κ1) is 16.4. The summed E-state index contributed by atoms with van der Waals surface area (Å²) in [4.78, 5) is 15.0. The lowest BCUT2D eigenvalue weighted by Crippen LogP contribution is -2.24. The number of aromatic nitrogens is 1. The van der Waals surface area contributed by atoms with Crippen molar-refractivity contribution in [2.45, 2.75) is 18.4 Å². The summed E-state index contributed by atoms with van der Waals surface area (Å²) in [6, 6.07) is 4.82. The Morgan fingerprint density at radius 1 is 1.48 bits per heavy atom. The summed E-state index contributed by atoms with van der Waals surface area (Å²) in [5.41, 5.74) is 0.671. The Hall–Kier alpha value is -0.970. The summed E-state index contributed by atoms with van der Waals surface area (Å²) >= 11 is 7.50. The van der Waals surface area contributed by atoms with Crippen LogP contribution in [0.5, 0.6) is 0 Å². The van der Waals surface area contributed by atoms with E-state index in [4.69, 9.17) is 16.0 Å². The monoisotopic (exact) mass is 440 g/mol. The first-order valence-electron chi connectivity index (χ1n) is 5.70. The molecule has 0 aliphatic heterocycles. The zero-order valence-electron chi connectivity index (χ0n) is 10.8. The normalized spacial score (nSPS) is 11.6. The lowest BCUT2D eigenvalue weighted by atomic mass is 10.2. The van der Waals surface area contributed by atoms with E-state index in [1.807, 2.05) is 0 Å². The van der Waals surface area contributed by atoms with Crippen LogP contribution in [0.2, 0.25) is 5.02 Å². The van der Waals surface area contributed by atoms with Crippen LogP contribution < -0.4 is 4.72 Å². The second-order valence-corrected chi connectivity index (χ2v) is 7.20. The van der Waals surface area contributed by atoms with Crippen molar-refractivity contribution in [3.63, 3.8) is 0 Å². The Balaban J connectivity index is 2.20. The number of carbonyl (C=O) groups excluding carboxylic acids is 1. The highest BCUT2D eigenvalue weighted by Gasteiger charge is 2.21. The number of sulfonamides is 1. The first-order valence-corrected chi connectivity index (χ1v) is 8.64. The van der Waals surface area contributed by atoms with Gasteiger partial charge in [-0.3, -0.25) is 4.79 Å². The Morgan fingerprint density at radius 3 is 2.76 bits per heavy atom. The van der Waals surface area contributed by atoms with Crippen LogP contribution in [-0.4, -0.2) is 17.2 Å². The van der Waals surface area contributed by atoms with E-state index in [1.54, 1.807) is 41.6 Å². The Morgan fingerprint density at radius 2 is 2.19 bits per heavy atom. The number of nitrogens with one attached hydrogen (secondary N) is 1. The van der Waals surface area contributed by atoms with Gasteiger partial charge in [0.1, 0.15) is 11.2 Å². The van der Waals surface area contributed by atoms with Gasteiger partial charge in [0.05, 0.1) is 11.6 Å². The van der Waals surface area contributed by atoms with Crippen molar-refractivity contribution in [1.29, 1.82) is 0 Å². The minimum absolute atomic E-state index is 0.0171. The van der Waals surface area contributed by atoms with Gasteiger partial charge < -0.3 is 4.42 Å². The molecule has 0 saturated heterocycles. The van der Waals surface area contributed by atoms with E-state index in [9.17, 15) is 13.2 Å². The fraction of sp³-hybridized carbons (Fsp3) is 0.167. The minimum Gasteiger partial charge on any atom is -0.447 e. The highest BCUT2D eigenvalue weighted by molar-refractivity contribution is 14.1. The van der Waals surface area contributed by atoms with Gasteiger partial charge in [-0.05, 0) is 18.6 Å². The van der Waals surface area contributed by atoms with Crippen molar-refractivity contribution in [1.82, 2.24) is 9.71 Å². The molecule has 0 aliphatic rings. The van der Waals surface area contributed by atoms with E-state index in [0.717, 1.165) is 0 Å². The van der Waals surface area contributed by atoms with E-state index >= 15 is 0 Å². The number of hydrogen-bond acceptors (Lipinski definition) is 5. The van der Waals surface area contributed by atoms with Crippen LogP contribution in [0.15, 0.2) is 33.8 Å². The molecule has 0 radical (unpaired) electrons. The predicted octanol–water partition coefficient (Wildman–Crippen LogP) is 2.69. The quantitative estimate of drug-likeness (QED) is 0.570. The lowest BCUT2D eigenvalue weighted by Gasteiger charge is -2.09. The molecule has 6 nitrogen and oxygen atoms in total. The van der Waals surface area contributed by atoms with Crippen molar-refractivity contribution in [2.24, 2.45) is 0 Å². The van der Waals surface area contributed by atoms with Crippen molar-refractivity contribution in [3.05, 3.63) is 46.6 Å². The van der Waals surface area contributed by atoms with Crippen molar-refractivity contribution >= 4 is 48.0 Å². The van der Waals surface area contributed by atoms with Crippen LogP contribution >= 0.6 is 34.2 Å². The molecule has 0 spiro atoms. The van der Waals surface area contributed by atoms with Crippen LogP contribution in [0, 0.1) is 6.92 Å². The summed E-state index contributed by atoms with van der Waals surface area (Å²) in [5.74, 6) is 0.100. The van der Waals surface area contributed by atoms with E-state index in [2.05, 4.69) is 9.71 Å². The van der Waals surface area contributed by atoms with Crippen LogP contribution in [0.25, 0.3) is 0 Å². The van der Waals surface area contributed by atoms with Gasteiger partial charge in [0.15, 0.2) is 5.69 Å². The maximum absolute atomic E-state index is 12.3. The molecule has 0 unspecified atom stereocenters. The Labute approximate surface area is 140 Å². The smallest absolute Gasteiger partial charge is 0.243 e. The van der Waals surface area contributed by atoms with E-state index in [-0.39, 0.29) is 31.8 Å². The van der Waals surface area contributed by atoms with Crippen molar-refractivity contribution < 1.29 is 17.6 Å². The molecule has 1 aromatic heterocycles. The average molecular weight is 441 g/mol. The van der Waals surface area contributed by atoms with Gasteiger partial charge in [-0.1, -0.05) is 23.7 Å². The number of nitrogens with zero attached hydrogens (tertiary/aromatic N) is 1. The maximum Gasteiger partial charge on any atom is 0.243 e. The maximum atomic E-state index is 12.3. The van der Waals surface area contributed by atoms with Crippen molar-refractivity contribution in [3.8, 4) is 0 Å². The van der Waals surface area contributed by atoms with Gasteiger partial charge in [-0.2, -0.15) is 0 Å². The molecular formula is C12H10ClIN2O4S. The number of rotatable bonds is 5. The first-order chi connectivity index (χ1) is 9.81. The van der Waals surface area contributed by atoms with Gasteiger partial charge in [-0.15, -0.1) is 0 Å². The zero-order valence-corrected chi connectivity index (χ0v) is 14.5. The topological polar surface area (TPSA) is 89.3 Å². The number of halogens is 2. The molecule has 0 bridgehead atoms. The summed E-state index contributed by atoms with van der Waals surface area (Å²) in [7, 11) is -3.80. The molecule has 9 heteroatoms. The molecule has 21 heavy (non-hydrogen) atoms. The van der Waals surface area contributed by atoms with E-state index in [0.29, 0.717) is 5.56 Å². The lowest BCUT2D eigenvalue weighted by molar-refractivity contribution is 0.110. The van der Waals surface area contributed by atoms with Gasteiger partial charge >= 0.3 is 0 Å². The number of hydrogen-bond donors (Lipinski definition) is 1. The second-order valence-electron chi connectivity index (χ2n) is 4.11. The zero-order chi connectivity index (χ0) is 15.6.